The van der Waals surface area contributed by atoms with Gasteiger partial charge in [0, 0.05) is 29.5 Å². The first kappa shape index (κ1) is 18.9. The van der Waals surface area contributed by atoms with Gasteiger partial charge < -0.3 is 24.4 Å². The van der Waals surface area contributed by atoms with Crippen LogP contribution in [0.1, 0.15) is 31.4 Å². The summed E-state index contributed by atoms with van der Waals surface area (Å²) < 4.78 is 10.2. The molecular formula is C19H23ClN4O4. The van der Waals surface area contributed by atoms with Gasteiger partial charge in [-0.3, -0.25) is 0 Å². The third-order valence-corrected chi connectivity index (χ3v) is 5.55. The largest absolute Gasteiger partial charge is 0.453 e. The van der Waals surface area contributed by atoms with Crippen molar-refractivity contribution in [3.8, 4) is 0 Å². The molecule has 2 aliphatic rings. The van der Waals surface area contributed by atoms with E-state index in [0.29, 0.717) is 29.4 Å². The molecule has 1 aromatic carbocycles. The summed E-state index contributed by atoms with van der Waals surface area (Å²) in [5, 5.41) is 8.33. The molecule has 0 radical (unpaired) electrons. The fourth-order valence-corrected chi connectivity index (χ4v) is 3.97. The van der Waals surface area contributed by atoms with Crippen LogP contribution in [0.15, 0.2) is 22.7 Å². The van der Waals surface area contributed by atoms with Crippen LogP contribution in [-0.4, -0.2) is 59.4 Å². The zero-order chi connectivity index (χ0) is 19.7. The molecule has 9 heteroatoms. The molecule has 1 aliphatic carbocycles. The normalized spacial score (nSPS) is 19.5. The second-order valence-corrected chi connectivity index (χ2v) is 7.71. The quantitative estimate of drug-likeness (QED) is 0.840. The van der Waals surface area contributed by atoms with Gasteiger partial charge in [0.2, 0.25) is 0 Å². The summed E-state index contributed by atoms with van der Waals surface area (Å²) >= 11 is 6.06. The fraction of sp³-hybridized carbons (Fsp3) is 0.526. The number of aromatic nitrogens is 1. The van der Waals surface area contributed by atoms with Crippen LogP contribution < -0.4 is 5.32 Å². The van der Waals surface area contributed by atoms with Crippen molar-refractivity contribution in [3.63, 3.8) is 0 Å². The first-order chi connectivity index (χ1) is 13.6. The average Bonchev–Trinajstić information content (AvgIpc) is 3.46. The Kier molecular flexibility index (Phi) is 5.30. The van der Waals surface area contributed by atoms with Gasteiger partial charge in [0.25, 0.3) is 0 Å². The van der Waals surface area contributed by atoms with Crippen LogP contribution in [0.2, 0.25) is 5.02 Å². The van der Waals surface area contributed by atoms with Crippen molar-refractivity contribution in [2.75, 3.05) is 20.2 Å². The van der Waals surface area contributed by atoms with E-state index in [4.69, 9.17) is 20.9 Å². The molecule has 1 aliphatic heterocycles. The molecule has 1 saturated carbocycles. The number of methoxy groups -OCH3 is 1. The molecule has 4 rings (SSSR count). The van der Waals surface area contributed by atoms with Gasteiger partial charge in [-0.15, -0.1) is 0 Å². The summed E-state index contributed by atoms with van der Waals surface area (Å²) in [4.78, 5) is 28.4. The van der Waals surface area contributed by atoms with Crippen molar-refractivity contribution in [1.82, 2.24) is 20.3 Å². The smallest absolute Gasteiger partial charge is 0.409 e. The van der Waals surface area contributed by atoms with Gasteiger partial charge in [-0.25, -0.2) is 9.59 Å². The highest BCUT2D eigenvalue weighted by Gasteiger charge is 2.40. The molecule has 150 valence electrons. The Balaban J connectivity index is 1.44. The standard InChI is InChI=1S/C19H23ClN4O4/c1-27-19(26)23-8-2-3-14(11-23)24(13-5-6-13)18(25)21-10-17-15-9-12(20)4-7-16(15)22-28-17/h4,7,9,13-14H,2-3,5-6,8,10-11H2,1H3,(H,21,25)/t14-/m1/s1. The maximum absolute atomic E-state index is 13.0. The van der Waals surface area contributed by atoms with Crippen molar-refractivity contribution >= 4 is 34.6 Å². The van der Waals surface area contributed by atoms with Crippen molar-refractivity contribution in [2.24, 2.45) is 0 Å². The number of carbonyl (C=O) groups excluding carboxylic acids is 2. The molecule has 0 bridgehead atoms. The first-order valence-corrected chi connectivity index (χ1v) is 9.87. The van der Waals surface area contributed by atoms with Crippen LogP contribution in [0.5, 0.6) is 0 Å². The lowest BCUT2D eigenvalue weighted by Crippen LogP contribution is -2.54. The van der Waals surface area contributed by atoms with Gasteiger partial charge in [0.1, 0.15) is 5.52 Å². The third kappa shape index (κ3) is 3.87. The Labute approximate surface area is 167 Å². The lowest BCUT2D eigenvalue weighted by molar-refractivity contribution is 0.0819. The molecule has 0 unspecified atom stereocenters. The number of hydrogen-bond acceptors (Lipinski definition) is 5. The highest BCUT2D eigenvalue weighted by Crippen LogP contribution is 2.32. The van der Waals surface area contributed by atoms with Gasteiger partial charge in [-0.1, -0.05) is 16.8 Å². The molecule has 2 heterocycles. The number of halogens is 1. The predicted molar refractivity (Wildman–Crippen MR) is 103 cm³/mol. The maximum Gasteiger partial charge on any atom is 0.409 e. The van der Waals surface area contributed by atoms with Crippen molar-refractivity contribution < 1.29 is 18.8 Å². The van der Waals surface area contributed by atoms with Gasteiger partial charge in [0.15, 0.2) is 5.76 Å². The minimum atomic E-state index is -0.342. The van der Waals surface area contributed by atoms with Gasteiger partial charge in [-0.2, -0.15) is 0 Å². The molecule has 1 N–H and O–H groups in total. The number of nitrogens with one attached hydrogen (secondary N) is 1. The summed E-state index contributed by atoms with van der Waals surface area (Å²) in [5.41, 5.74) is 0.702. The second kappa shape index (κ2) is 7.87. The van der Waals surface area contributed by atoms with Gasteiger partial charge in [-0.05, 0) is 43.9 Å². The number of ether oxygens (including phenoxy) is 1. The molecular weight excluding hydrogens is 384 g/mol. The van der Waals surface area contributed by atoms with E-state index in [0.717, 1.165) is 31.1 Å². The zero-order valence-corrected chi connectivity index (χ0v) is 16.4. The molecule has 1 aromatic heterocycles. The number of carbonyl (C=O) groups is 2. The molecule has 2 aromatic rings. The van der Waals surface area contributed by atoms with Crippen molar-refractivity contribution in [2.45, 2.75) is 44.3 Å². The van der Waals surface area contributed by atoms with Crippen LogP contribution in [0.3, 0.4) is 0 Å². The first-order valence-electron chi connectivity index (χ1n) is 9.49. The topological polar surface area (TPSA) is 87.9 Å². The third-order valence-electron chi connectivity index (χ3n) is 5.31. The Morgan fingerprint density at radius 3 is 2.93 bits per heavy atom. The Hall–Kier alpha value is -2.48. The van der Waals surface area contributed by atoms with Crippen LogP contribution in [0, 0.1) is 0 Å². The van der Waals surface area contributed by atoms with E-state index in [1.54, 1.807) is 23.1 Å². The van der Waals surface area contributed by atoms with Crippen LogP contribution in [0.25, 0.3) is 10.9 Å². The molecule has 28 heavy (non-hydrogen) atoms. The molecule has 2 fully saturated rings. The number of likely N-dealkylation sites (tertiary alicyclic amines) is 1. The molecule has 1 saturated heterocycles. The number of benzene rings is 1. The maximum atomic E-state index is 13.0. The number of piperidine rings is 1. The monoisotopic (exact) mass is 406 g/mol. The predicted octanol–water partition coefficient (Wildman–Crippen LogP) is 3.39. The average molecular weight is 407 g/mol. The molecule has 3 amide bonds. The minimum absolute atomic E-state index is 0.0127. The molecule has 0 spiro atoms. The Morgan fingerprint density at radius 2 is 2.18 bits per heavy atom. The lowest BCUT2D eigenvalue weighted by Gasteiger charge is -2.38. The highest BCUT2D eigenvalue weighted by atomic mass is 35.5. The highest BCUT2D eigenvalue weighted by molar-refractivity contribution is 6.31. The number of nitrogens with zero attached hydrogens (tertiary/aromatic N) is 3. The number of amides is 3. The van der Waals surface area contributed by atoms with E-state index in [9.17, 15) is 9.59 Å². The van der Waals surface area contributed by atoms with Crippen LogP contribution in [-0.2, 0) is 11.3 Å². The summed E-state index contributed by atoms with van der Waals surface area (Å²) in [6.07, 6.45) is 3.36. The van der Waals surface area contributed by atoms with Crippen molar-refractivity contribution in [1.29, 1.82) is 0 Å². The molecule has 1 atom stereocenters. The number of fused-ring (bicyclic) bond motifs is 1. The summed E-state index contributed by atoms with van der Waals surface area (Å²) in [6, 6.07) is 5.38. The summed E-state index contributed by atoms with van der Waals surface area (Å²) in [7, 11) is 1.38. The zero-order valence-electron chi connectivity index (χ0n) is 15.7. The summed E-state index contributed by atoms with van der Waals surface area (Å²) in [6.45, 7) is 1.39. The van der Waals surface area contributed by atoms with E-state index >= 15 is 0 Å². The number of rotatable bonds is 4. The Bertz CT molecular complexity index is 882. The fourth-order valence-electron chi connectivity index (χ4n) is 3.80. The number of hydrogen-bond donors (Lipinski definition) is 1. The van der Waals surface area contributed by atoms with Crippen LogP contribution in [0.4, 0.5) is 9.59 Å². The van der Waals surface area contributed by atoms with E-state index in [2.05, 4.69) is 10.5 Å². The molecule has 8 nitrogen and oxygen atoms in total. The minimum Gasteiger partial charge on any atom is -0.453 e. The van der Waals surface area contributed by atoms with Crippen molar-refractivity contribution in [3.05, 3.63) is 29.0 Å². The van der Waals surface area contributed by atoms with Gasteiger partial charge in [0.05, 0.1) is 19.7 Å². The van der Waals surface area contributed by atoms with E-state index in [1.807, 2.05) is 4.90 Å². The van der Waals surface area contributed by atoms with E-state index in [1.165, 1.54) is 7.11 Å². The van der Waals surface area contributed by atoms with Crippen LogP contribution >= 0.6 is 11.6 Å². The van der Waals surface area contributed by atoms with E-state index < -0.39 is 0 Å². The lowest BCUT2D eigenvalue weighted by atomic mass is 10.0. The Morgan fingerprint density at radius 1 is 1.36 bits per heavy atom. The van der Waals surface area contributed by atoms with E-state index in [-0.39, 0.29) is 30.8 Å². The summed E-state index contributed by atoms with van der Waals surface area (Å²) in [5.74, 6) is 0.571. The second-order valence-electron chi connectivity index (χ2n) is 7.28. The van der Waals surface area contributed by atoms with Gasteiger partial charge >= 0.3 is 12.1 Å². The SMILES string of the molecule is COC(=O)N1CCC[C@@H](N(C(=O)NCc2onc3ccc(Cl)cc23)C2CC2)C1. The number of urea groups is 1.